The van der Waals surface area contributed by atoms with Gasteiger partial charge in [0, 0.05) is 13.2 Å². The summed E-state index contributed by atoms with van der Waals surface area (Å²) in [4.78, 5) is 11.6. The van der Waals surface area contributed by atoms with Gasteiger partial charge in [-0.05, 0) is 37.8 Å². The number of carbonyl (C=O) groups excluding carboxylic acids is 1. The summed E-state index contributed by atoms with van der Waals surface area (Å²) in [6.07, 6.45) is 5.00. The standard InChI is InChI=1S/C16H24N2O2/c19-16(18-12-14-6-2-1-3-7-14)13-17-10-4-8-15-9-5-11-20-15/h1-3,6-7,15,17H,4-5,8-13H2,(H,18,19). The van der Waals surface area contributed by atoms with E-state index in [1.165, 1.54) is 12.8 Å². The zero-order valence-electron chi connectivity index (χ0n) is 11.9. The van der Waals surface area contributed by atoms with Gasteiger partial charge in [-0.15, -0.1) is 0 Å². The molecule has 1 unspecified atom stereocenters. The summed E-state index contributed by atoms with van der Waals surface area (Å²) < 4.78 is 5.56. The van der Waals surface area contributed by atoms with Crippen LogP contribution in [0.5, 0.6) is 0 Å². The van der Waals surface area contributed by atoms with E-state index in [1.807, 2.05) is 30.3 Å². The molecular formula is C16H24N2O2. The molecule has 1 saturated heterocycles. The lowest BCUT2D eigenvalue weighted by Gasteiger charge is -2.09. The van der Waals surface area contributed by atoms with Crippen molar-refractivity contribution >= 4 is 5.91 Å². The molecule has 0 spiro atoms. The summed E-state index contributed by atoms with van der Waals surface area (Å²) in [5.74, 6) is 0.0472. The van der Waals surface area contributed by atoms with E-state index < -0.39 is 0 Å². The van der Waals surface area contributed by atoms with Gasteiger partial charge in [-0.1, -0.05) is 30.3 Å². The number of rotatable bonds is 8. The number of hydrogen-bond donors (Lipinski definition) is 2. The Morgan fingerprint density at radius 1 is 1.30 bits per heavy atom. The van der Waals surface area contributed by atoms with Crippen molar-refractivity contribution in [3.05, 3.63) is 35.9 Å². The van der Waals surface area contributed by atoms with E-state index in [9.17, 15) is 4.79 Å². The van der Waals surface area contributed by atoms with Gasteiger partial charge < -0.3 is 15.4 Å². The van der Waals surface area contributed by atoms with E-state index in [1.54, 1.807) is 0 Å². The van der Waals surface area contributed by atoms with Gasteiger partial charge in [0.15, 0.2) is 0 Å². The SMILES string of the molecule is O=C(CNCCCC1CCCO1)NCc1ccccc1. The smallest absolute Gasteiger partial charge is 0.234 e. The zero-order valence-corrected chi connectivity index (χ0v) is 11.9. The Kier molecular flexibility index (Phi) is 6.54. The maximum absolute atomic E-state index is 11.6. The number of ether oxygens (including phenoxy) is 1. The van der Waals surface area contributed by atoms with E-state index in [-0.39, 0.29) is 5.91 Å². The summed E-state index contributed by atoms with van der Waals surface area (Å²) >= 11 is 0. The van der Waals surface area contributed by atoms with Gasteiger partial charge in [0.1, 0.15) is 0 Å². The zero-order chi connectivity index (χ0) is 14.0. The van der Waals surface area contributed by atoms with Crippen molar-refractivity contribution in [1.29, 1.82) is 0 Å². The van der Waals surface area contributed by atoms with Crippen LogP contribution in [0.3, 0.4) is 0 Å². The first-order valence-electron chi connectivity index (χ1n) is 7.47. The van der Waals surface area contributed by atoms with Gasteiger partial charge in [0.2, 0.25) is 5.91 Å². The van der Waals surface area contributed by atoms with Crippen LogP contribution in [0.25, 0.3) is 0 Å². The van der Waals surface area contributed by atoms with Crippen LogP contribution in [0.2, 0.25) is 0 Å². The Balaban J connectivity index is 1.47. The molecule has 20 heavy (non-hydrogen) atoms. The van der Waals surface area contributed by atoms with Crippen LogP contribution >= 0.6 is 0 Å². The molecule has 0 bridgehead atoms. The molecule has 0 aromatic heterocycles. The van der Waals surface area contributed by atoms with Crippen molar-refractivity contribution in [1.82, 2.24) is 10.6 Å². The fourth-order valence-corrected chi connectivity index (χ4v) is 2.39. The minimum atomic E-state index is 0.0472. The molecule has 1 aromatic carbocycles. The molecule has 1 amide bonds. The number of benzene rings is 1. The van der Waals surface area contributed by atoms with E-state index in [4.69, 9.17) is 4.74 Å². The monoisotopic (exact) mass is 276 g/mol. The normalized spacial score (nSPS) is 18.1. The third-order valence-corrected chi connectivity index (χ3v) is 3.52. The third kappa shape index (κ3) is 5.72. The lowest BCUT2D eigenvalue weighted by atomic mass is 10.1. The summed E-state index contributed by atoms with van der Waals surface area (Å²) in [5, 5.41) is 6.08. The maximum Gasteiger partial charge on any atom is 0.234 e. The molecule has 1 atom stereocenters. The van der Waals surface area contributed by atoms with E-state index >= 15 is 0 Å². The van der Waals surface area contributed by atoms with Crippen molar-refractivity contribution in [2.45, 2.75) is 38.3 Å². The van der Waals surface area contributed by atoms with Crippen LogP contribution < -0.4 is 10.6 Å². The first-order chi connectivity index (χ1) is 9.84. The molecule has 110 valence electrons. The van der Waals surface area contributed by atoms with E-state index in [2.05, 4.69) is 10.6 Å². The first-order valence-corrected chi connectivity index (χ1v) is 7.47. The van der Waals surface area contributed by atoms with Gasteiger partial charge in [0.25, 0.3) is 0 Å². The lowest BCUT2D eigenvalue weighted by molar-refractivity contribution is -0.120. The fraction of sp³-hybridized carbons (Fsp3) is 0.562. The molecule has 1 aromatic rings. The second-order valence-electron chi connectivity index (χ2n) is 5.22. The highest BCUT2D eigenvalue weighted by Crippen LogP contribution is 2.16. The quantitative estimate of drug-likeness (QED) is 0.713. The van der Waals surface area contributed by atoms with Gasteiger partial charge in [-0.3, -0.25) is 4.79 Å². The van der Waals surface area contributed by atoms with Crippen molar-refractivity contribution in [3.8, 4) is 0 Å². The summed E-state index contributed by atoms with van der Waals surface area (Å²) in [5.41, 5.74) is 1.12. The molecule has 2 N–H and O–H groups in total. The van der Waals surface area contributed by atoms with Crippen LogP contribution in [-0.4, -0.2) is 31.7 Å². The number of nitrogens with one attached hydrogen (secondary N) is 2. The van der Waals surface area contributed by atoms with Crippen LogP contribution in [0.15, 0.2) is 30.3 Å². The Hall–Kier alpha value is -1.39. The topological polar surface area (TPSA) is 50.4 Å². The Bertz CT molecular complexity index is 389. The predicted octanol–water partition coefficient (Wildman–Crippen LogP) is 1.85. The molecule has 1 heterocycles. The second kappa shape index (κ2) is 8.72. The largest absolute Gasteiger partial charge is 0.378 e. The molecular weight excluding hydrogens is 252 g/mol. The molecule has 1 fully saturated rings. The summed E-state index contributed by atoms with van der Waals surface area (Å²) in [6, 6.07) is 9.95. The maximum atomic E-state index is 11.6. The van der Waals surface area contributed by atoms with Crippen LogP contribution in [0.1, 0.15) is 31.2 Å². The molecule has 4 heteroatoms. The van der Waals surface area contributed by atoms with Crippen LogP contribution in [-0.2, 0) is 16.1 Å². The van der Waals surface area contributed by atoms with Gasteiger partial charge >= 0.3 is 0 Å². The number of amides is 1. The Morgan fingerprint density at radius 2 is 2.15 bits per heavy atom. The average Bonchev–Trinajstić information content (AvgIpc) is 2.99. The van der Waals surface area contributed by atoms with Crippen molar-refractivity contribution in [2.24, 2.45) is 0 Å². The van der Waals surface area contributed by atoms with Crippen LogP contribution in [0, 0.1) is 0 Å². The third-order valence-electron chi connectivity index (χ3n) is 3.52. The number of carbonyl (C=O) groups is 1. The molecule has 0 saturated carbocycles. The number of hydrogen-bond acceptors (Lipinski definition) is 3. The average molecular weight is 276 g/mol. The summed E-state index contributed by atoms with van der Waals surface area (Å²) in [7, 11) is 0. The molecule has 0 aliphatic carbocycles. The molecule has 0 radical (unpaired) electrons. The Morgan fingerprint density at radius 3 is 2.90 bits per heavy atom. The van der Waals surface area contributed by atoms with Gasteiger partial charge in [-0.25, -0.2) is 0 Å². The van der Waals surface area contributed by atoms with Gasteiger partial charge in [0.05, 0.1) is 12.6 Å². The minimum absolute atomic E-state index is 0.0472. The summed E-state index contributed by atoms with van der Waals surface area (Å²) in [6.45, 7) is 2.77. The van der Waals surface area contributed by atoms with Crippen molar-refractivity contribution in [2.75, 3.05) is 19.7 Å². The second-order valence-corrected chi connectivity index (χ2v) is 5.22. The van der Waals surface area contributed by atoms with E-state index in [0.717, 1.165) is 31.6 Å². The van der Waals surface area contributed by atoms with Crippen LogP contribution in [0.4, 0.5) is 0 Å². The molecule has 1 aliphatic heterocycles. The molecule has 1 aliphatic rings. The molecule has 2 rings (SSSR count). The highest BCUT2D eigenvalue weighted by molar-refractivity contribution is 5.77. The van der Waals surface area contributed by atoms with Crippen molar-refractivity contribution in [3.63, 3.8) is 0 Å². The minimum Gasteiger partial charge on any atom is -0.378 e. The van der Waals surface area contributed by atoms with Gasteiger partial charge in [-0.2, -0.15) is 0 Å². The first kappa shape index (κ1) is 15.0. The van der Waals surface area contributed by atoms with Crippen molar-refractivity contribution < 1.29 is 9.53 Å². The fourth-order valence-electron chi connectivity index (χ4n) is 2.39. The Labute approximate surface area is 120 Å². The highest BCUT2D eigenvalue weighted by atomic mass is 16.5. The predicted molar refractivity (Wildman–Crippen MR) is 79.4 cm³/mol. The molecule has 4 nitrogen and oxygen atoms in total. The lowest BCUT2D eigenvalue weighted by Crippen LogP contribution is -2.34. The van der Waals surface area contributed by atoms with E-state index in [0.29, 0.717) is 19.2 Å². The highest BCUT2D eigenvalue weighted by Gasteiger charge is 2.14.